The van der Waals surface area contributed by atoms with Gasteiger partial charge in [-0.15, -0.1) is 0 Å². The number of carbonyl (C=O) groups excluding carboxylic acids is 2. The molecule has 1 fully saturated rings. The number of fused-ring (bicyclic) bond motifs is 3. The normalized spacial score (nSPS) is 23.2. The van der Waals surface area contributed by atoms with Crippen molar-refractivity contribution in [2.75, 3.05) is 38.3 Å². The number of hydrogen-bond donors (Lipinski definition) is 3. The minimum Gasteiger partial charge on any atom is -0.478 e. The molecule has 0 radical (unpaired) electrons. The van der Waals surface area contributed by atoms with Gasteiger partial charge in [-0.1, -0.05) is 12.2 Å². The number of nitrogens with one attached hydrogen (secondary N) is 1. The molecule has 1 aromatic carbocycles. The van der Waals surface area contributed by atoms with Crippen LogP contribution in [0, 0.1) is 17.5 Å². The quantitative estimate of drug-likeness (QED) is 0.206. The summed E-state index contributed by atoms with van der Waals surface area (Å²) in [5.74, 6) is -5.29. The maximum atomic E-state index is 14.5. The Hall–Kier alpha value is -4.66. The van der Waals surface area contributed by atoms with Crippen molar-refractivity contribution < 1.29 is 42.1 Å². The summed E-state index contributed by atoms with van der Waals surface area (Å²) in [7, 11) is 0. The summed E-state index contributed by atoms with van der Waals surface area (Å²) in [5, 5.41) is 12.2. The molecule has 1 spiro atoms. The van der Waals surface area contributed by atoms with E-state index < -0.39 is 52.4 Å². The second kappa shape index (κ2) is 13.5. The Morgan fingerprint density at radius 1 is 1.10 bits per heavy atom. The lowest BCUT2D eigenvalue weighted by Crippen LogP contribution is -2.56. The van der Waals surface area contributed by atoms with E-state index in [-0.39, 0.29) is 56.8 Å². The highest BCUT2D eigenvalue weighted by atomic mass is 19.2. The first-order chi connectivity index (χ1) is 23.0. The summed E-state index contributed by atoms with van der Waals surface area (Å²) in [6.45, 7) is 2.66. The van der Waals surface area contributed by atoms with Crippen LogP contribution in [0.4, 0.5) is 19.0 Å². The van der Waals surface area contributed by atoms with Crippen molar-refractivity contribution >= 4 is 29.7 Å². The van der Waals surface area contributed by atoms with Crippen LogP contribution in [0.25, 0.3) is 6.08 Å². The molecule has 0 saturated carbocycles. The highest BCUT2D eigenvalue weighted by Crippen LogP contribution is 2.46. The number of carboxylic acid groups (broad SMARTS) is 1. The summed E-state index contributed by atoms with van der Waals surface area (Å²) in [6.07, 6.45) is 7.23. The number of anilines is 1. The highest BCUT2D eigenvalue weighted by molar-refractivity contribution is 6.06. The van der Waals surface area contributed by atoms with Crippen LogP contribution in [0.2, 0.25) is 0 Å². The van der Waals surface area contributed by atoms with Gasteiger partial charge in [0.1, 0.15) is 11.6 Å². The van der Waals surface area contributed by atoms with Gasteiger partial charge < -0.3 is 30.5 Å². The van der Waals surface area contributed by atoms with Crippen LogP contribution in [0.3, 0.4) is 0 Å². The van der Waals surface area contributed by atoms with E-state index in [1.54, 1.807) is 25.3 Å². The number of carboxylic acids is 1. The first-order valence-electron chi connectivity index (χ1n) is 15.5. The van der Waals surface area contributed by atoms with Gasteiger partial charge in [0.25, 0.3) is 0 Å². The number of halogens is 3. The van der Waals surface area contributed by atoms with E-state index in [0.29, 0.717) is 24.4 Å². The fourth-order valence-corrected chi connectivity index (χ4v) is 6.85. The first-order valence-corrected chi connectivity index (χ1v) is 15.5. The van der Waals surface area contributed by atoms with Gasteiger partial charge in [0.15, 0.2) is 11.6 Å². The van der Waals surface area contributed by atoms with E-state index in [2.05, 4.69) is 15.3 Å². The zero-order valence-corrected chi connectivity index (χ0v) is 26.0. The van der Waals surface area contributed by atoms with Crippen LogP contribution in [0.1, 0.15) is 57.6 Å². The predicted molar refractivity (Wildman–Crippen MR) is 167 cm³/mol. The number of carbonyl (C=O) groups is 3. The van der Waals surface area contributed by atoms with Crippen molar-refractivity contribution in [1.82, 2.24) is 14.9 Å². The standard InChI is InChI=1S/C34H34F3N5O6/c1-18-22(28-24(35)4-5-25(36)29(28)37)13-26(38)31(43)42(18)6-8-48-10-9-47-7-2-3-19-11-23-30(40-16-19)41-33(46)34(23)14-20-12-21(32(44)45)17-39-27(20)15-34/h2-5,11-12,16-18,22,26H,6-10,13-15,38H2,1H3,(H,44,45)(H,40,41,46)/b3-2+/t18?,22?,26?,34-/m0/s1. The Bertz CT molecular complexity index is 1800. The van der Waals surface area contributed by atoms with Crippen molar-refractivity contribution in [3.63, 3.8) is 0 Å². The van der Waals surface area contributed by atoms with E-state index in [1.807, 2.05) is 12.1 Å². The van der Waals surface area contributed by atoms with Gasteiger partial charge in [-0.05, 0) is 55.2 Å². The SMILES string of the molecule is CC1C(c2c(F)ccc(F)c2F)CC(N)C(=O)N1CCOCCOC/C=C/c1cnc2c(c1)[C@@]1(Cc3cc(C(=O)O)cnc3C1)C(=O)N2. The van der Waals surface area contributed by atoms with E-state index in [0.717, 1.165) is 28.8 Å². The summed E-state index contributed by atoms with van der Waals surface area (Å²) in [4.78, 5) is 47.4. The average Bonchev–Trinajstić information content (AvgIpc) is 3.58. The number of likely N-dealkylation sites (tertiary alicyclic amines) is 1. The molecule has 2 amide bonds. The van der Waals surface area contributed by atoms with Gasteiger partial charge >= 0.3 is 5.97 Å². The molecule has 4 heterocycles. The number of nitrogens with two attached hydrogens (primary N) is 1. The minimum atomic E-state index is -1.27. The molecular weight excluding hydrogens is 631 g/mol. The number of aromatic nitrogens is 2. The highest BCUT2D eigenvalue weighted by Gasteiger charge is 2.52. The number of hydrogen-bond acceptors (Lipinski definition) is 8. The smallest absolute Gasteiger partial charge is 0.337 e. The lowest BCUT2D eigenvalue weighted by Gasteiger charge is -2.42. The van der Waals surface area contributed by atoms with Crippen LogP contribution >= 0.6 is 0 Å². The van der Waals surface area contributed by atoms with Gasteiger partial charge in [-0.3, -0.25) is 14.6 Å². The number of ether oxygens (including phenoxy) is 2. The lowest BCUT2D eigenvalue weighted by atomic mass is 9.79. The van der Waals surface area contributed by atoms with Crippen molar-refractivity contribution in [3.8, 4) is 0 Å². The minimum absolute atomic E-state index is 0.00544. The van der Waals surface area contributed by atoms with Crippen LogP contribution in [0.5, 0.6) is 0 Å². The van der Waals surface area contributed by atoms with Crippen LogP contribution in [-0.2, 0) is 37.3 Å². The molecule has 3 aliphatic rings. The summed E-state index contributed by atoms with van der Waals surface area (Å²) in [5.41, 5.74) is 7.68. The number of nitrogens with zero attached hydrogens (tertiary/aromatic N) is 3. The molecule has 3 aromatic rings. The maximum Gasteiger partial charge on any atom is 0.337 e. The van der Waals surface area contributed by atoms with E-state index >= 15 is 0 Å². The average molecular weight is 666 g/mol. The Labute approximate surface area is 273 Å². The fraction of sp³-hybridized carbons (Fsp3) is 0.382. The summed E-state index contributed by atoms with van der Waals surface area (Å²) < 4.78 is 54.1. The van der Waals surface area contributed by atoms with E-state index in [9.17, 15) is 32.7 Å². The largest absolute Gasteiger partial charge is 0.478 e. The molecule has 0 bridgehead atoms. The third-order valence-corrected chi connectivity index (χ3v) is 9.36. The number of benzene rings is 1. The number of aromatic carboxylic acids is 1. The maximum absolute atomic E-state index is 14.5. The van der Waals surface area contributed by atoms with Gasteiger partial charge in [0.2, 0.25) is 11.8 Å². The molecule has 3 unspecified atom stereocenters. The molecule has 48 heavy (non-hydrogen) atoms. The van der Waals surface area contributed by atoms with Gasteiger partial charge in [0.05, 0.1) is 43.4 Å². The first kappa shape index (κ1) is 33.2. The van der Waals surface area contributed by atoms with E-state index in [1.165, 1.54) is 11.1 Å². The molecule has 14 heteroatoms. The monoisotopic (exact) mass is 665 g/mol. The van der Waals surface area contributed by atoms with Crippen molar-refractivity contribution in [2.24, 2.45) is 5.73 Å². The number of pyridine rings is 2. The Morgan fingerprint density at radius 3 is 2.67 bits per heavy atom. The predicted octanol–water partition coefficient (Wildman–Crippen LogP) is 3.36. The molecule has 4 N–H and O–H groups in total. The van der Waals surface area contributed by atoms with Gasteiger partial charge in [-0.2, -0.15) is 0 Å². The van der Waals surface area contributed by atoms with E-state index in [4.69, 9.17) is 15.2 Å². The summed E-state index contributed by atoms with van der Waals surface area (Å²) in [6, 6.07) is 3.45. The molecule has 1 saturated heterocycles. The number of amides is 2. The molecule has 1 aliphatic carbocycles. The van der Waals surface area contributed by atoms with Crippen LogP contribution in [-0.4, -0.2) is 82.8 Å². The van der Waals surface area contributed by atoms with Gasteiger partial charge in [-0.25, -0.2) is 22.9 Å². The third kappa shape index (κ3) is 6.18. The van der Waals surface area contributed by atoms with Crippen LogP contribution < -0.4 is 11.1 Å². The Kier molecular flexibility index (Phi) is 9.32. The fourth-order valence-electron chi connectivity index (χ4n) is 6.85. The molecule has 2 aliphatic heterocycles. The number of piperidine rings is 1. The second-order valence-electron chi connectivity index (χ2n) is 12.3. The zero-order valence-electron chi connectivity index (χ0n) is 26.0. The Morgan fingerprint density at radius 2 is 1.88 bits per heavy atom. The summed E-state index contributed by atoms with van der Waals surface area (Å²) >= 11 is 0. The van der Waals surface area contributed by atoms with Crippen LogP contribution in [0.15, 0.2) is 42.7 Å². The number of rotatable bonds is 11. The molecular formula is C34H34F3N5O6. The molecule has 4 atom stereocenters. The third-order valence-electron chi connectivity index (χ3n) is 9.36. The molecule has 252 valence electrons. The second-order valence-corrected chi connectivity index (χ2v) is 12.3. The van der Waals surface area contributed by atoms with Crippen molar-refractivity contribution in [3.05, 3.63) is 93.7 Å². The van der Waals surface area contributed by atoms with Gasteiger partial charge in [0, 0.05) is 54.1 Å². The molecule has 2 aromatic heterocycles. The molecule has 6 rings (SSSR count). The van der Waals surface area contributed by atoms with Crippen molar-refractivity contribution in [1.29, 1.82) is 0 Å². The van der Waals surface area contributed by atoms with Crippen molar-refractivity contribution in [2.45, 2.75) is 49.6 Å². The zero-order chi connectivity index (χ0) is 34.2. The Balaban J connectivity index is 0.974. The topological polar surface area (TPSA) is 157 Å². The lowest BCUT2D eigenvalue weighted by molar-refractivity contribution is -0.139. The molecule has 11 nitrogen and oxygen atoms in total.